The normalized spacial score (nSPS) is 14.1. The van der Waals surface area contributed by atoms with E-state index in [0.29, 0.717) is 18.2 Å². The Bertz CT molecular complexity index is 1070. The Balaban J connectivity index is 1.46. The second kappa shape index (κ2) is 9.12. The largest absolute Gasteiger partial charge is 0.347 e. The van der Waals surface area contributed by atoms with Crippen LogP contribution in [0.15, 0.2) is 54.6 Å². The third kappa shape index (κ3) is 4.82. The van der Waals surface area contributed by atoms with Crippen molar-refractivity contribution in [1.82, 2.24) is 20.3 Å². The summed E-state index contributed by atoms with van der Waals surface area (Å²) >= 11 is 0. The average molecular weight is 418 g/mol. The van der Waals surface area contributed by atoms with Crippen LogP contribution in [0.3, 0.4) is 0 Å². The van der Waals surface area contributed by atoms with Gasteiger partial charge in [0.2, 0.25) is 5.91 Å². The van der Waals surface area contributed by atoms with Gasteiger partial charge in [-0.2, -0.15) is 0 Å². The van der Waals surface area contributed by atoms with E-state index in [-0.39, 0.29) is 17.7 Å². The lowest BCUT2D eigenvalue weighted by molar-refractivity contribution is -0.119. The molecule has 2 aromatic carbocycles. The van der Waals surface area contributed by atoms with E-state index in [4.69, 9.17) is 0 Å². The van der Waals surface area contributed by atoms with Gasteiger partial charge in [-0.25, -0.2) is 4.68 Å². The fraction of sp³-hybridized carbons (Fsp3) is 0.333. The summed E-state index contributed by atoms with van der Waals surface area (Å²) in [7, 11) is 0. The highest BCUT2D eigenvalue weighted by Crippen LogP contribution is 2.41. The van der Waals surface area contributed by atoms with Gasteiger partial charge >= 0.3 is 0 Å². The van der Waals surface area contributed by atoms with E-state index < -0.39 is 0 Å². The number of rotatable bonds is 8. The molecule has 1 aromatic heterocycles. The standard InChI is InChI=1S/C24H27N5O2/c1-3-16(2)23(30)26-19-9-7-8-17(14-19)15-25-24(31)21-22(18-12-13-18)29(28-27-21)20-10-5-4-6-11-20/h4-11,14,16,18H,3,12-13,15H2,1-2H3,(H,25,31)(H,26,30). The van der Waals surface area contributed by atoms with Crippen LogP contribution in [-0.4, -0.2) is 26.8 Å². The number of aromatic nitrogens is 3. The van der Waals surface area contributed by atoms with Crippen LogP contribution in [0.2, 0.25) is 0 Å². The first-order chi connectivity index (χ1) is 15.1. The SMILES string of the molecule is CCC(C)C(=O)Nc1cccc(CNC(=O)c2nnn(-c3ccccc3)c2C2CC2)c1. The third-order valence-corrected chi connectivity index (χ3v) is 5.59. The Morgan fingerprint density at radius 3 is 2.61 bits per heavy atom. The summed E-state index contributed by atoms with van der Waals surface area (Å²) in [5.74, 6) is 0.0277. The number of carbonyl (C=O) groups excluding carboxylic acids is 2. The Labute approximate surface area is 181 Å². The summed E-state index contributed by atoms with van der Waals surface area (Å²) < 4.78 is 1.78. The van der Waals surface area contributed by atoms with E-state index >= 15 is 0 Å². The lowest BCUT2D eigenvalue weighted by atomic mass is 10.1. The summed E-state index contributed by atoms with van der Waals surface area (Å²) in [6.07, 6.45) is 2.87. The summed E-state index contributed by atoms with van der Waals surface area (Å²) in [6.45, 7) is 4.23. The van der Waals surface area contributed by atoms with Crippen molar-refractivity contribution in [2.45, 2.75) is 45.6 Å². The fourth-order valence-corrected chi connectivity index (χ4v) is 3.41. The molecular weight excluding hydrogens is 390 g/mol. The number of para-hydroxylation sites is 1. The third-order valence-electron chi connectivity index (χ3n) is 5.59. The van der Waals surface area contributed by atoms with E-state index in [1.807, 2.05) is 68.4 Å². The minimum atomic E-state index is -0.238. The quantitative estimate of drug-likeness (QED) is 0.578. The zero-order valence-electron chi connectivity index (χ0n) is 17.8. The van der Waals surface area contributed by atoms with Crippen molar-refractivity contribution in [1.29, 1.82) is 0 Å². The molecule has 1 unspecified atom stereocenters. The number of carbonyl (C=O) groups is 2. The maximum Gasteiger partial charge on any atom is 0.274 e. The van der Waals surface area contributed by atoms with E-state index in [1.54, 1.807) is 4.68 Å². The van der Waals surface area contributed by atoms with Gasteiger partial charge in [0, 0.05) is 24.1 Å². The minimum Gasteiger partial charge on any atom is -0.347 e. The van der Waals surface area contributed by atoms with Crippen molar-refractivity contribution in [3.63, 3.8) is 0 Å². The van der Waals surface area contributed by atoms with Crippen molar-refractivity contribution in [3.05, 3.63) is 71.5 Å². The van der Waals surface area contributed by atoms with Gasteiger partial charge < -0.3 is 10.6 Å². The highest BCUT2D eigenvalue weighted by molar-refractivity contribution is 5.94. The molecule has 1 heterocycles. The molecule has 2 N–H and O–H groups in total. The summed E-state index contributed by atoms with van der Waals surface area (Å²) in [5.41, 5.74) is 3.79. The second-order valence-corrected chi connectivity index (χ2v) is 8.03. The molecule has 3 aromatic rings. The van der Waals surface area contributed by atoms with Crippen LogP contribution in [0.5, 0.6) is 0 Å². The van der Waals surface area contributed by atoms with Crippen LogP contribution in [0.4, 0.5) is 5.69 Å². The summed E-state index contributed by atoms with van der Waals surface area (Å²) in [6, 6.07) is 17.3. The van der Waals surface area contributed by atoms with Crippen LogP contribution in [0.1, 0.15) is 60.8 Å². The number of benzene rings is 2. The number of anilines is 1. The highest BCUT2D eigenvalue weighted by Gasteiger charge is 2.34. The molecule has 1 saturated carbocycles. The average Bonchev–Trinajstić information content (AvgIpc) is 3.55. The maximum atomic E-state index is 12.9. The monoisotopic (exact) mass is 417 g/mol. The predicted molar refractivity (Wildman–Crippen MR) is 119 cm³/mol. The minimum absolute atomic E-state index is 0.00436. The molecule has 1 aliphatic rings. The number of hydrogen-bond acceptors (Lipinski definition) is 4. The first kappa shape index (κ1) is 20.8. The molecule has 7 heteroatoms. The van der Waals surface area contributed by atoms with Gasteiger partial charge in [0.1, 0.15) is 0 Å². The van der Waals surface area contributed by atoms with Gasteiger partial charge in [0.05, 0.1) is 11.4 Å². The molecule has 7 nitrogen and oxygen atoms in total. The van der Waals surface area contributed by atoms with Gasteiger partial charge in [-0.3, -0.25) is 9.59 Å². The summed E-state index contributed by atoms with van der Waals surface area (Å²) in [4.78, 5) is 25.0. The lowest BCUT2D eigenvalue weighted by Crippen LogP contribution is -2.25. The van der Waals surface area contributed by atoms with Gasteiger partial charge in [0.15, 0.2) is 5.69 Å². The van der Waals surface area contributed by atoms with Crippen LogP contribution >= 0.6 is 0 Å². The molecule has 1 fully saturated rings. The molecule has 0 radical (unpaired) electrons. The molecule has 4 rings (SSSR count). The zero-order valence-corrected chi connectivity index (χ0v) is 17.8. The molecule has 1 aliphatic carbocycles. The van der Waals surface area contributed by atoms with Crippen molar-refractivity contribution in [2.75, 3.05) is 5.32 Å². The lowest BCUT2D eigenvalue weighted by Gasteiger charge is -2.11. The van der Waals surface area contributed by atoms with Gasteiger partial charge in [-0.15, -0.1) is 5.10 Å². The Morgan fingerprint density at radius 2 is 1.90 bits per heavy atom. The van der Waals surface area contributed by atoms with Gasteiger partial charge in [0.25, 0.3) is 5.91 Å². The van der Waals surface area contributed by atoms with Crippen molar-refractivity contribution in [2.24, 2.45) is 5.92 Å². The van der Waals surface area contributed by atoms with E-state index in [2.05, 4.69) is 20.9 Å². The number of nitrogens with zero attached hydrogens (tertiary/aromatic N) is 3. The van der Waals surface area contributed by atoms with Crippen molar-refractivity contribution < 1.29 is 9.59 Å². The first-order valence-corrected chi connectivity index (χ1v) is 10.8. The molecule has 2 amide bonds. The predicted octanol–water partition coefficient (Wildman–Crippen LogP) is 4.06. The summed E-state index contributed by atoms with van der Waals surface area (Å²) in [5, 5.41) is 14.3. The highest BCUT2D eigenvalue weighted by atomic mass is 16.2. The number of hydrogen-bond donors (Lipinski definition) is 2. The van der Waals surface area contributed by atoms with Crippen molar-refractivity contribution >= 4 is 17.5 Å². The van der Waals surface area contributed by atoms with Crippen molar-refractivity contribution in [3.8, 4) is 5.69 Å². The molecule has 1 atom stereocenters. The number of nitrogens with one attached hydrogen (secondary N) is 2. The van der Waals surface area contributed by atoms with Crippen LogP contribution < -0.4 is 10.6 Å². The van der Waals surface area contributed by atoms with Gasteiger partial charge in [-0.1, -0.05) is 49.4 Å². The second-order valence-electron chi connectivity index (χ2n) is 8.03. The van der Waals surface area contributed by atoms with Crippen LogP contribution in [0, 0.1) is 5.92 Å². The van der Waals surface area contributed by atoms with Crippen LogP contribution in [-0.2, 0) is 11.3 Å². The topological polar surface area (TPSA) is 88.9 Å². The van der Waals surface area contributed by atoms with E-state index in [0.717, 1.165) is 41.9 Å². The van der Waals surface area contributed by atoms with Crippen LogP contribution in [0.25, 0.3) is 5.69 Å². The fourth-order valence-electron chi connectivity index (χ4n) is 3.41. The molecule has 0 saturated heterocycles. The molecular formula is C24H27N5O2. The molecule has 0 bridgehead atoms. The Morgan fingerprint density at radius 1 is 1.13 bits per heavy atom. The van der Waals surface area contributed by atoms with Gasteiger partial charge in [-0.05, 0) is 49.1 Å². The smallest absolute Gasteiger partial charge is 0.274 e. The molecule has 31 heavy (non-hydrogen) atoms. The zero-order chi connectivity index (χ0) is 21.8. The Hall–Kier alpha value is -3.48. The Kier molecular flexibility index (Phi) is 6.11. The molecule has 0 aliphatic heterocycles. The van der Waals surface area contributed by atoms with E-state index in [1.165, 1.54) is 0 Å². The first-order valence-electron chi connectivity index (χ1n) is 10.8. The molecule has 0 spiro atoms. The number of amides is 2. The maximum absolute atomic E-state index is 12.9. The molecule has 160 valence electrons. The van der Waals surface area contributed by atoms with E-state index in [9.17, 15) is 9.59 Å².